The van der Waals surface area contributed by atoms with Crippen molar-refractivity contribution in [1.29, 1.82) is 0 Å². The molecule has 2 aliphatic rings. The summed E-state index contributed by atoms with van der Waals surface area (Å²) < 4.78 is 4.90. The third-order valence-electron chi connectivity index (χ3n) is 4.60. The molecule has 0 aromatic carbocycles. The molecule has 0 radical (unpaired) electrons. The molecule has 0 unspecified atom stereocenters. The lowest BCUT2D eigenvalue weighted by Crippen LogP contribution is -2.52. The summed E-state index contributed by atoms with van der Waals surface area (Å²) in [4.78, 5) is 9.66. The minimum atomic E-state index is 0. The van der Waals surface area contributed by atoms with Crippen molar-refractivity contribution >= 4 is 29.9 Å². The van der Waals surface area contributed by atoms with Crippen LogP contribution >= 0.6 is 24.0 Å². The van der Waals surface area contributed by atoms with Crippen molar-refractivity contribution in [2.24, 2.45) is 10.4 Å². The molecule has 0 amide bonds. The number of nitrogens with zero attached hydrogens (tertiary/aromatic N) is 4. The van der Waals surface area contributed by atoms with Crippen LogP contribution in [0.5, 0.6) is 0 Å². The van der Waals surface area contributed by atoms with Gasteiger partial charge in [-0.3, -0.25) is 9.89 Å². The second kappa shape index (κ2) is 8.32. The first-order valence-corrected chi connectivity index (χ1v) is 8.33. The molecular formula is C16H28IN5O. The number of halogens is 1. The number of hydrogen-bond acceptors (Lipinski definition) is 4. The lowest BCUT2D eigenvalue weighted by atomic mass is 10.1. The molecule has 1 aromatic heterocycles. The standard InChI is InChI=1S/C16H27N5O.HI/c1-3-17-15(18-13-16(2)5-6-16)21-9-7-20(8-10-21)12-14-4-11-22-19-14;/h4,11H,3,5-10,12-13H2,1-2H3,(H,17,18);1H. The highest BCUT2D eigenvalue weighted by atomic mass is 127. The minimum absolute atomic E-state index is 0. The highest BCUT2D eigenvalue weighted by molar-refractivity contribution is 14.0. The highest BCUT2D eigenvalue weighted by Crippen LogP contribution is 2.45. The molecule has 1 N–H and O–H groups in total. The number of hydrogen-bond donors (Lipinski definition) is 1. The zero-order chi connectivity index (χ0) is 15.4. The summed E-state index contributed by atoms with van der Waals surface area (Å²) in [5.74, 6) is 1.08. The predicted octanol–water partition coefficient (Wildman–Crippen LogP) is 2.18. The number of aliphatic imine (C=N–C) groups is 1. The number of nitrogens with one attached hydrogen (secondary N) is 1. The molecule has 7 heteroatoms. The molecule has 1 saturated heterocycles. The minimum Gasteiger partial charge on any atom is -0.364 e. The van der Waals surface area contributed by atoms with Crippen LogP contribution < -0.4 is 5.32 Å². The number of aromatic nitrogens is 1. The van der Waals surface area contributed by atoms with Gasteiger partial charge in [-0.25, -0.2) is 0 Å². The van der Waals surface area contributed by atoms with Crippen molar-refractivity contribution < 1.29 is 4.52 Å². The SMILES string of the molecule is CCNC(=NCC1(C)CC1)N1CCN(Cc2ccon2)CC1.I. The van der Waals surface area contributed by atoms with Gasteiger partial charge in [-0.05, 0) is 25.2 Å². The van der Waals surface area contributed by atoms with Crippen LogP contribution in [0.2, 0.25) is 0 Å². The quantitative estimate of drug-likeness (QED) is 0.438. The van der Waals surface area contributed by atoms with E-state index in [1.54, 1.807) is 6.26 Å². The van der Waals surface area contributed by atoms with Crippen molar-refractivity contribution in [3.05, 3.63) is 18.0 Å². The maximum atomic E-state index is 4.90. The van der Waals surface area contributed by atoms with Gasteiger partial charge in [0.15, 0.2) is 5.96 Å². The van der Waals surface area contributed by atoms with Gasteiger partial charge < -0.3 is 14.7 Å². The van der Waals surface area contributed by atoms with Crippen molar-refractivity contribution in [3.8, 4) is 0 Å². The zero-order valence-electron chi connectivity index (χ0n) is 14.1. The molecule has 130 valence electrons. The Kier molecular flexibility index (Phi) is 6.70. The molecule has 1 aliphatic heterocycles. The second-order valence-electron chi connectivity index (χ2n) is 6.73. The summed E-state index contributed by atoms with van der Waals surface area (Å²) in [5.41, 5.74) is 1.48. The van der Waals surface area contributed by atoms with E-state index in [0.717, 1.165) is 57.5 Å². The fourth-order valence-corrected chi connectivity index (χ4v) is 2.73. The van der Waals surface area contributed by atoms with Gasteiger partial charge in [0.05, 0.1) is 5.69 Å². The van der Waals surface area contributed by atoms with Gasteiger partial charge in [0.2, 0.25) is 0 Å². The maximum Gasteiger partial charge on any atom is 0.194 e. The molecule has 1 aliphatic carbocycles. The summed E-state index contributed by atoms with van der Waals surface area (Å²) >= 11 is 0. The molecular weight excluding hydrogens is 405 g/mol. The number of rotatable bonds is 5. The van der Waals surface area contributed by atoms with Crippen LogP contribution in [0, 0.1) is 5.41 Å². The van der Waals surface area contributed by atoms with E-state index in [1.165, 1.54) is 12.8 Å². The van der Waals surface area contributed by atoms with Crippen LogP contribution in [0.25, 0.3) is 0 Å². The van der Waals surface area contributed by atoms with Crippen LogP contribution in [-0.2, 0) is 6.54 Å². The average Bonchev–Trinajstić information content (AvgIpc) is 3.04. The summed E-state index contributed by atoms with van der Waals surface area (Å²) in [6.07, 6.45) is 4.28. The molecule has 2 fully saturated rings. The summed E-state index contributed by atoms with van der Waals surface area (Å²) in [6.45, 7) is 11.3. The van der Waals surface area contributed by atoms with E-state index in [1.807, 2.05) is 6.07 Å². The predicted molar refractivity (Wildman–Crippen MR) is 102 cm³/mol. The number of guanidine groups is 1. The molecule has 0 atom stereocenters. The van der Waals surface area contributed by atoms with Crippen LogP contribution in [0.15, 0.2) is 21.8 Å². The second-order valence-corrected chi connectivity index (χ2v) is 6.73. The highest BCUT2D eigenvalue weighted by Gasteiger charge is 2.37. The van der Waals surface area contributed by atoms with Gasteiger partial charge in [0, 0.05) is 51.9 Å². The van der Waals surface area contributed by atoms with E-state index in [2.05, 4.69) is 34.1 Å². The Bertz CT molecular complexity index is 493. The van der Waals surface area contributed by atoms with E-state index in [-0.39, 0.29) is 24.0 Å². The average molecular weight is 433 g/mol. The molecule has 0 bridgehead atoms. The van der Waals surface area contributed by atoms with Crippen LogP contribution in [0.1, 0.15) is 32.4 Å². The van der Waals surface area contributed by atoms with E-state index in [9.17, 15) is 0 Å². The van der Waals surface area contributed by atoms with Crippen molar-refractivity contribution in [1.82, 2.24) is 20.3 Å². The van der Waals surface area contributed by atoms with Gasteiger partial charge in [0.1, 0.15) is 6.26 Å². The zero-order valence-corrected chi connectivity index (χ0v) is 16.5. The van der Waals surface area contributed by atoms with Crippen LogP contribution in [0.4, 0.5) is 0 Å². The first kappa shape index (κ1) is 18.5. The lowest BCUT2D eigenvalue weighted by molar-refractivity contribution is 0.169. The van der Waals surface area contributed by atoms with E-state index >= 15 is 0 Å². The summed E-state index contributed by atoms with van der Waals surface area (Å²) in [6, 6.07) is 1.94. The Labute approximate surface area is 155 Å². The third kappa shape index (κ3) is 5.34. The normalized spacial score (nSPS) is 21.0. The Morgan fingerprint density at radius 1 is 1.35 bits per heavy atom. The summed E-state index contributed by atoms with van der Waals surface area (Å²) in [5, 5.41) is 7.43. The first-order chi connectivity index (χ1) is 10.7. The third-order valence-corrected chi connectivity index (χ3v) is 4.60. The molecule has 1 saturated carbocycles. The smallest absolute Gasteiger partial charge is 0.194 e. The van der Waals surface area contributed by atoms with Crippen LogP contribution in [-0.4, -0.2) is 60.2 Å². The fourth-order valence-electron chi connectivity index (χ4n) is 2.73. The Morgan fingerprint density at radius 3 is 2.65 bits per heavy atom. The first-order valence-electron chi connectivity index (χ1n) is 8.33. The van der Waals surface area contributed by atoms with Gasteiger partial charge in [-0.15, -0.1) is 24.0 Å². The van der Waals surface area contributed by atoms with Gasteiger partial charge in [-0.2, -0.15) is 0 Å². The van der Waals surface area contributed by atoms with E-state index in [4.69, 9.17) is 9.52 Å². The van der Waals surface area contributed by atoms with Gasteiger partial charge in [-0.1, -0.05) is 12.1 Å². The molecule has 23 heavy (non-hydrogen) atoms. The Balaban J connectivity index is 0.00000192. The van der Waals surface area contributed by atoms with Crippen molar-refractivity contribution in [2.45, 2.75) is 33.2 Å². The molecule has 3 rings (SSSR count). The Hall–Kier alpha value is -0.830. The topological polar surface area (TPSA) is 56.9 Å². The van der Waals surface area contributed by atoms with Crippen molar-refractivity contribution in [2.75, 3.05) is 39.3 Å². The molecule has 0 spiro atoms. The van der Waals surface area contributed by atoms with Gasteiger partial charge in [0.25, 0.3) is 0 Å². The van der Waals surface area contributed by atoms with Crippen LogP contribution in [0.3, 0.4) is 0 Å². The monoisotopic (exact) mass is 433 g/mol. The van der Waals surface area contributed by atoms with E-state index in [0.29, 0.717) is 5.41 Å². The summed E-state index contributed by atoms with van der Waals surface area (Å²) in [7, 11) is 0. The Morgan fingerprint density at radius 2 is 2.09 bits per heavy atom. The lowest BCUT2D eigenvalue weighted by Gasteiger charge is -2.36. The maximum absolute atomic E-state index is 4.90. The molecule has 6 nitrogen and oxygen atoms in total. The fraction of sp³-hybridized carbons (Fsp3) is 0.750. The number of piperazine rings is 1. The molecule has 2 heterocycles. The largest absolute Gasteiger partial charge is 0.364 e. The van der Waals surface area contributed by atoms with Gasteiger partial charge >= 0.3 is 0 Å². The molecule has 1 aromatic rings. The van der Waals surface area contributed by atoms with Crippen molar-refractivity contribution in [3.63, 3.8) is 0 Å². The van der Waals surface area contributed by atoms with E-state index < -0.39 is 0 Å².